The zero-order valence-corrected chi connectivity index (χ0v) is 27.0. The van der Waals surface area contributed by atoms with Gasteiger partial charge in [-0.15, -0.1) is 19.7 Å². The summed E-state index contributed by atoms with van der Waals surface area (Å²) in [5.41, 5.74) is 3.84. The standard InChI is InChI=1S/C39H51O3P/c1-4-7-10-19-28-40-37-25-16-13-22-34(37)31-43(32-35-23-14-17-26-38(35)41-29-20-11-8-5-2)33-36-24-15-18-27-39(36)42-30-21-12-9-6-3/h4-6,13-18,22-27H,1-3,7-12,19-21,28-33H2. The monoisotopic (exact) mass is 598 g/mol. The number of hydrogen-bond acceptors (Lipinski definition) is 3. The zero-order valence-electron chi connectivity index (χ0n) is 26.1. The summed E-state index contributed by atoms with van der Waals surface area (Å²) in [5.74, 6) is 3.02. The fourth-order valence-electron chi connectivity index (χ4n) is 4.93. The fourth-order valence-corrected chi connectivity index (χ4v) is 7.50. The van der Waals surface area contributed by atoms with E-state index in [9.17, 15) is 0 Å². The van der Waals surface area contributed by atoms with Crippen LogP contribution in [0.5, 0.6) is 17.2 Å². The molecule has 0 saturated heterocycles. The molecule has 0 radical (unpaired) electrons. The van der Waals surface area contributed by atoms with Gasteiger partial charge in [0.25, 0.3) is 0 Å². The molecule has 0 saturated carbocycles. The molecule has 0 unspecified atom stereocenters. The van der Waals surface area contributed by atoms with Crippen molar-refractivity contribution in [2.24, 2.45) is 0 Å². The largest absolute Gasteiger partial charge is 0.493 e. The maximum atomic E-state index is 6.32. The summed E-state index contributed by atoms with van der Waals surface area (Å²) in [7, 11) is -0.491. The first kappa shape index (κ1) is 34.2. The number of para-hydroxylation sites is 3. The lowest BCUT2D eigenvalue weighted by Crippen LogP contribution is -2.04. The maximum absolute atomic E-state index is 6.32. The fraction of sp³-hybridized carbons (Fsp3) is 0.385. The van der Waals surface area contributed by atoms with Crippen molar-refractivity contribution in [3.63, 3.8) is 0 Å². The summed E-state index contributed by atoms with van der Waals surface area (Å²) in [6, 6.07) is 25.7. The average Bonchev–Trinajstić information content (AvgIpc) is 3.03. The molecule has 0 aliphatic heterocycles. The van der Waals surface area contributed by atoms with Crippen molar-refractivity contribution in [3.8, 4) is 17.2 Å². The van der Waals surface area contributed by atoms with E-state index in [2.05, 4.69) is 92.5 Å². The average molecular weight is 599 g/mol. The Morgan fingerprint density at radius 1 is 0.442 bits per heavy atom. The summed E-state index contributed by atoms with van der Waals surface area (Å²) < 4.78 is 18.9. The van der Waals surface area contributed by atoms with Gasteiger partial charge in [-0.2, -0.15) is 0 Å². The minimum Gasteiger partial charge on any atom is -0.493 e. The second-order valence-electron chi connectivity index (χ2n) is 10.9. The molecule has 43 heavy (non-hydrogen) atoms. The minimum atomic E-state index is -0.491. The molecule has 0 spiro atoms. The SMILES string of the molecule is C=CCCCCOc1ccccc1CP(Cc1ccccc1OCCCCC=C)Cc1ccccc1OCCCCC=C. The molecule has 0 N–H and O–H groups in total. The highest BCUT2D eigenvalue weighted by atomic mass is 31.1. The van der Waals surface area contributed by atoms with E-state index in [1.807, 2.05) is 18.2 Å². The molecule has 3 aromatic carbocycles. The molecular formula is C39H51O3P. The Hall–Kier alpha value is -3.29. The van der Waals surface area contributed by atoms with Crippen molar-refractivity contribution in [2.75, 3.05) is 19.8 Å². The van der Waals surface area contributed by atoms with Gasteiger partial charge in [0, 0.05) is 0 Å². The molecule has 3 aromatic rings. The molecular weight excluding hydrogens is 547 g/mol. The summed E-state index contributed by atoms with van der Waals surface area (Å²) in [5, 5.41) is 0. The van der Waals surface area contributed by atoms with Crippen LogP contribution in [0.25, 0.3) is 0 Å². The van der Waals surface area contributed by atoms with Gasteiger partial charge in [0.15, 0.2) is 0 Å². The lowest BCUT2D eigenvalue weighted by atomic mass is 10.2. The summed E-state index contributed by atoms with van der Waals surface area (Å²) >= 11 is 0. The second kappa shape index (κ2) is 21.4. The van der Waals surface area contributed by atoms with Crippen LogP contribution in [0.2, 0.25) is 0 Å². The predicted molar refractivity (Wildman–Crippen MR) is 186 cm³/mol. The number of ether oxygens (including phenoxy) is 3. The Morgan fingerprint density at radius 3 is 1.05 bits per heavy atom. The molecule has 4 heteroatoms. The number of benzene rings is 3. The third-order valence-electron chi connectivity index (χ3n) is 7.28. The third-order valence-corrected chi connectivity index (χ3v) is 9.64. The Balaban J connectivity index is 1.79. The van der Waals surface area contributed by atoms with Crippen LogP contribution in [0.4, 0.5) is 0 Å². The van der Waals surface area contributed by atoms with E-state index in [1.165, 1.54) is 16.7 Å². The normalized spacial score (nSPS) is 10.8. The maximum Gasteiger partial charge on any atom is 0.122 e. The molecule has 0 heterocycles. The predicted octanol–water partition coefficient (Wildman–Crippen LogP) is 11.3. The van der Waals surface area contributed by atoms with Crippen LogP contribution in [-0.4, -0.2) is 19.8 Å². The lowest BCUT2D eigenvalue weighted by molar-refractivity contribution is 0.305. The quantitative estimate of drug-likeness (QED) is 0.0583. The highest BCUT2D eigenvalue weighted by Crippen LogP contribution is 2.50. The van der Waals surface area contributed by atoms with Gasteiger partial charge in [-0.3, -0.25) is 0 Å². The smallest absolute Gasteiger partial charge is 0.122 e. The van der Waals surface area contributed by atoms with Crippen LogP contribution < -0.4 is 14.2 Å². The van der Waals surface area contributed by atoms with Gasteiger partial charge in [0.1, 0.15) is 17.2 Å². The number of hydrogen-bond donors (Lipinski definition) is 0. The van der Waals surface area contributed by atoms with Crippen molar-refractivity contribution in [1.82, 2.24) is 0 Å². The van der Waals surface area contributed by atoms with E-state index in [4.69, 9.17) is 14.2 Å². The minimum absolute atomic E-state index is 0.491. The lowest BCUT2D eigenvalue weighted by Gasteiger charge is -2.23. The zero-order chi connectivity index (χ0) is 30.4. The first-order valence-corrected chi connectivity index (χ1v) is 17.8. The van der Waals surface area contributed by atoms with Crippen LogP contribution in [-0.2, 0) is 18.5 Å². The van der Waals surface area contributed by atoms with E-state index < -0.39 is 7.92 Å². The topological polar surface area (TPSA) is 27.7 Å². The van der Waals surface area contributed by atoms with Gasteiger partial charge in [0.2, 0.25) is 0 Å². The van der Waals surface area contributed by atoms with Crippen LogP contribution in [0, 0.1) is 0 Å². The summed E-state index contributed by atoms with van der Waals surface area (Å²) in [6.45, 7) is 13.7. The first-order chi connectivity index (χ1) is 21.2. The molecule has 0 amide bonds. The molecule has 0 aromatic heterocycles. The molecule has 3 rings (SSSR count). The van der Waals surface area contributed by atoms with Crippen LogP contribution in [0.3, 0.4) is 0 Å². The van der Waals surface area contributed by atoms with Gasteiger partial charge in [0.05, 0.1) is 19.8 Å². The van der Waals surface area contributed by atoms with Crippen molar-refractivity contribution < 1.29 is 14.2 Å². The van der Waals surface area contributed by atoms with Gasteiger partial charge in [-0.25, -0.2) is 0 Å². The van der Waals surface area contributed by atoms with Crippen LogP contribution in [0.15, 0.2) is 111 Å². The van der Waals surface area contributed by atoms with Crippen molar-refractivity contribution in [1.29, 1.82) is 0 Å². The van der Waals surface area contributed by atoms with Gasteiger partial charge in [-0.05, 0) is 111 Å². The van der Waals surface area contributed by atoms with Crippen molar-refractivity contribution in [3.05, 3.63) is 127 Å². The number of rotatable bonds is 24. The van der Waals surface area contributed by atoms with Crippen LogP contribution in [0.1, 0.15) is 74.5 Å². The van der Waals surface area contributed by atoms with Crippen LogP contribution >= 0.6 is 7.92 Å². The molecule has 0 fully saturated rings. The molecule has 0 aliphatic carbocycles. The molecule has 0 aliphatic rings. The first-order valence-electron chi connectivity index (χ1n) is 15.9. The Morgan fingerprint density at radius 2 is 0.744 bits per heavy atom. The highest BCUT2D eigenvalue weighted by Gasteiger charge is 2.18. The van der Waals surface area contributed by atoms with Crippen molar-refractivity contribution >= 4 is 7.92 Å². The van der Waals surface area contributed by atoms with Gasteiger partial charge in [-0.1, -0.05) is 80.7 Å². The molecule has 230 valence electrons. The van der Waals surface area contributed by atoms with E-state index in [-0.39, 0.29) is 0 Å². The summed E-state index contributed by atoms with van der Waals surface area (Å²) in [4.78, 5) is 0. The molecule has 0 bridgehead atoms. The second-order valence-corrected chi connectivity index (χ2v) is 13.2. The molecule has 0 atom stereocenters. The van der Waals surface area contributed by atoms with E-state index in [1.54, 1.807) is 0 Å². The third kappa shape index (κ3) is 13.3. The Kier molecular flexibility index (Phi) is 17.0. The van der Waals surface area contributed by atoms with E-state index >= 15 is 0 Å². The number of allylic oxidation sites excluding steroid dienone is 3. The van der Waals surface area contributed by atoms with Gasteiger partial charge < -0.3 is 14.2 Å². The molecule has 3 nitrogen and oxygen atoms in total. The Bertz CT molecular complexity index is 1070. The Labute approximate surface area is 262 Å². The van der Waals surface area contributed by atoms with Gasteiger partial charge >= 0.3 is 0 Å². The van der Waals surface area contributed by atoms with Crippen molar-refractivity contribution in [2.45, 2.75) is 76.3 Å². The highest BCUT2D eigenvalue weighted by molar-refractivity contribution is 7.55. The van der Waals surface area contributed by atoms with E-state index in [0.29, 0.717) is 0 Å². The van der Waals surface area contributed by atoms with E-state index in [0.717, 1.165) is 113 Å². The summed E-state index contributed by atoms with van der Waals surface area (Å²) in [6.07, 6.45) is 18.3. The number of unbranched alkanes of at least 4 members (excludes halogenated alkanes) is 6.